The molecule has 2 rings (SSSR count). The highest BCUT2D eigenvalue weighted by molar-refractivity contribution is 5.94. The summed E-state index contributed by atoms with van der Waals surface area (Å²) in [6.45, 7) is 5.83. The van der Waals surface area contributed by atoms with Gasteiger partial charge in [-0.25, -0.2) is 0 Å². The first-order chi connectivity index (χ1) is 9.70. The number of rotatable bonds is 6. The number of allylic oxidation sites excluding steroid dienone is 1. The number of Topliss-reactive ketones (excluding diaryl/α,β-unsaturated/α-hetero) is 1. The first kappa shape index (κ1) is 14.1. The van der Waals surface area contributed by atoms with Gasteiger partial charge in [-0.3, -0.25) is 4.79 Å². The molecule has 2 heteroatoms. The van der Waals surface area contributed by atoms with E-state index in [9.17, 15) is 4.79 Å². The second-order valence-electron chi connectivity index (χ2n) is 4.65. The van der Waals surface area contributed by atoms with E-state index in [-0.39, 0.29) is 5.78 Å². The van der Waals surface area contributed by atoms with Crippen molar-refractivity contribution in [2.75, 3.05) is 0 Å². The van der Waals surface area contributed by atoms with E-state index in [2.05, 4.69) is 6.58 Å². The van der Waals surface area contributed by atoms with Gasteiger partial charge in [-0.15, -0.1) is 6.58 Å². The third-order valence-electron chi connectivity index (χ3n) is 3.07. The van der Waals surface area contributed by atoms with Crippen LogP contribution in [0.15, 0.2) is 61.2 Å². The predicted octanol–water partition coefficient (Wildman–Crippen LogP) is 4.20. The number of carbonyl (C=O) groups is 1. The lowest BCUT2D eigenvalue weighted by atomic mass is 10.0. The molecule has 0 atom stereocenters. The minimum atomic E-state index is 0.0601. The molecule has 0 radical (unpaired) electrons. The van der Waals surface area contributed by atoms with Crippen molar-refractivity contribution in [3.63, 3.8) is 0 Å². The molecular weight excluding hydrogens is 248 g/mol. The van der Waals surface area contributed by atoms with E-state index in [1.54, 1.807) is 13.0 Å². The van der Waals surface area contributed by atoms with Crippen molar-refractivity contribution >= 4 is 5.78 Å². The van der Waals surface area contributed by atoms with E-state index < -0.39 is 0 Å². The SMILES string of the molecule is C=CCc1cc(C(C)=O)ccc1OCc1ccccc1. The molecule has 0 aliphatic heterocycles. The third-order valence-corrected chi connectivity index (χ3v) is 3.07. The fourth-order valence-electron chi connectivity index (χ4n) is 1.99. The van der Waals surface area contributed by atoms with E-state index >= 15 is 0 Å². The topological polar surface area (TPSA) is 26.3 Å². The van der Waals surface area contributed by atoms with Crippen LogP contribution in [-0.4, -0.2) is 5.78 Å². The summed E-state index contributed by atoms with van der Waals surface area (Å²) in [5, 5.41) is 0. The number of ether oxygens (including phenoxy) is 1. The fraction of sp³-hybridized carbons (Fsp3) is 0.167. The van der Waals surface area contributed by atoms with Crippen LogP contribution < -0.4 is 4.74 Å². The summed E-state index contributed by atoms with van der Waals surface area (Å²) < 4.78 is 5.85. The maximum absolute atomic E-state index is 11.4. The number of hydrogen-bond acceptors (Lipinski definition) is 2. The fourth-order valence-corrected chi connectivity index (χ4v) is 1.99. The summed E-state index contributed by atoms with van der Waals surface area (Å²) in [5.74, 6) is 0.865. The van der Waals surface area contributed by atoms with Crippen molar-refractivity contribution in [1.29, 1.82) is 0 Å². The summed E-state index contributed by atoms with van der Waals surface area (Å²) in [6.07, 6.45) is 2.50. The standard InChI is InChI=1S/C18H18O2/c1-3-7-17-12-16(14(2)19)10-11-18(17)20-13-15-8-5-4-6-9-15/h3-6,8-12H,1,7,13H2,2H3. The van der Waals surface area contributed by atoms with Crippen LogP contribution in [0, 0.1) is 0 Å². The van der Waals surface area contributed by atoms with Crippen molar-refractivity contribution in [2.24, 2.45) is 0 Å². The van der Waals surface area contributed by atoms with Crippen LogP contribution in [0.25, 0.3) is 0 Å². The molecule has 0 fully saturated rings. The normalized spacial score (nSPS) is 10.1. The molecule has 2 aromatic carbocycles. The Labute approximate surface area is 119 Å². The third kappa shape index (κ3) is 3.58. The lowest BCUT2D eigenvalue weighted by Gasteiger charge is -2.11. The quantitative estimate of drug-likeness (QED) is 0.578. The van der Waals surface area contributed by atoms with Gasteiger partial charge in [-0.2, -0.15) is 0 Å². The maximum Gasteiger partial charge on any atom is 0.159 e. The van der Waals surface area contributed by atoms with Gasteiger partial charge in [0.05, 0.1) is 0 Å². The molecule has 102 valence electrons. The predicted molar refractivity (Wildman–Crippen MR) is 81.1 cm³/mol. The molecule has 20 heavy (non-hydrogen) atoms. The van der Waals surface area contributed by atoms with E-state index in [1.807, 2.05) is 48.5 Å². The van der Waals surface area contributed by atoms with Crippen molar-refractivity contribution in [2.45, 2.75) is 20.0 Å². The number of benzene rings is 2. The van der Waals surface area contributed by atoms with Gasteiger partial charge in [0.1, 0.15) is 12.4 Å². The second-order valence-corrected chi connectivity index (χ2v) is 4.65. The minimum Gasteiger partial charge on any atom is -0.489 e. The molecule has 0 spiro atoms. The highest BCUT2D eigenvalue weighted by Gasteiger charge is 2.07. The van der Waals surface area contributed by atoms with E-state index in [4.69, 9.17) is 4.74 Å². The smallest absolute Gasteiger partial charge is 0.159 e. The molecule has 0 aliphatic rings. The maximum atomic E-state index is 11.4. The molecule has 0 N–H and O–H groups in total. The average Bonchev–Trinajstić information content (AvgIpc) is 2.47. The zero-order valence-corrected chi connectivity index (χ0v) is 11.6. The van der Waals surface area contributed by atoms with Gasteiger partial charge in [-0.05, 0) is 42.7 Å². The Bertz CT molecular complexity index is 600. The van der Waals surface area contributed by atoms with Crippen LogP contribution in [0.2, 0.25) is 0 Å². The summed E-state index contributed by atoms with van der Waals surface area (Å²) in [7, 11) is 0. The van der Waals surface area contributed by atoms with Crippen LogP contribution in [0.5, 0.6) is 5.75 Å². The van der Waals surface area contributed by atoms with Crippen LogP contribution in [0.1, 0.15) is 28.4 Å². The van der Waals surface area contributed by atoms with Gasteiger partial charge in [-0.1, -0.05) is 36.4 Å². The Balaban J connectivity index is 2.18. The van der Waals surface area contributed by atoms with Crippen molar-refractivity contribution in [3.05, 3.63) is 77.9 Å². The Kier molecular flexibility index (Phi) is 4.72. The Morgan fingerprint density at radius 3 is 2.60 bits per heavy atom. The van der Waals surface area contributed by atoms with Crippen LogP contribution >= 0.6 is 0 Å². The first-order valence-electron chi connectivity index (χ1n) is 6.62. The van der Waals surface area contributed by atoms with Gasteiger partial charge in [0, 0.05) is 5.56 Å². The van der Waals surface area contributed by atoms with Crippen LogP contribution in [0.3, 0.4) is 0 Å². The zero-order valence-electron chi connectivity index (χ0n) is 11.6. The summed E-state index contributed by atoms with van der Waals surface area (Å²) >= 11 is 0. The van der Waals surface area contributed by atoms with Crippen molar-refractivity contribution in [3.8, 4) is 5.75 Å². The van der Waals surface area contributed by atoms with Gasteiger partial charge in [0.15, 0.2) is 5.78 Å². The summed E-state index contributed by atoms with van der Waals surface area (Å²) in [5.41, 5.74) is 2.81. The monoisotopic (exact) mass is 266 g/mol. The van der Waals surface area contributed by atoms with Gasteiger partial charge < -0.3 is 4.74 Å². The first-order valence-corrected chi connectivity index (χ1v) is 6.62. The Morgan fingerprint density at radius 1 is 1.20 bits per heavy atom. The molecule has 0 aliphatic carbocycles. The highest BCUT2D eigenvalue weighted by Crippen LogP contribution is 2.22. The van der Waals surface area contributed by atoms with Gasteiger partial charge >= 0.3 is 0 Å². The Morgan fingerprint density at radius 2 is 1.95 bits per heavy atom. The largest absolute Gasteiger partial charge is 0.489 e. The second kappa shape index (κ2) is 6.71. The van der Waals surface area contributed by atoms with Crippen LogP contribution in [0.4, 0.5) is 0 Å². The van der Waals surface area contributed by atoms with Gasteiger partial charge in [0.25, 0.3) is 0 Å². The van der Waals surface area contributed by atoms with Gasteiger partial charge in [0.2, 0.25) is 0 Å². The highest BCUT2D eigenvalue weighted by atomic mass is 16.5. The molecule has 0 bridgehead atoms. The number of carbonyl (C=O) groups excluding carboxylic acids is 1. The molecule has 0 saturated heterocycles. The molecule has 0 amide bonds. The molecule has 0 saturated carbocycles. The van der Waals surface area contributed by atoms with Crippen LogP contribution in [-0.2, 0) is 13.0 Å². The summed E-state index contributed by atoms with van der Waals surface area (Å²) in [6, 6.07) is 15.5. The van der Waals surface area contributed by atoms with E-state index in [0.717, 1.165) is 16.9 Å². The van der Waals surface area contributed by atoms with E-state index in [0.29, 0.717) is 18.6 Å². The number of hydrogen-bond donors (Lipinski definition) is 0. The number of ketones is 1. The van der Waals surface area contributed by atoms with E-state index in [1.165, 1.54) is 0 Å². The average molecular weight is 266 g/mol. The molecule has 0 unspecified atom stereocenters. The molecular formula is C18H18O2. The molecule has 0 heterocycles. The minimum absolute atomic E-state index is 0.0601. The summed E-state index contributed by atoms with van der Waals surface area (Å²) in [4.78, 5) is 11.4. The molecule has 0 aromatic heterocycles. The van der Waals surface area contributed by atoms with Crippen molar-refractivity contribution < 1.29 is 9.53 Å². The zero-order chi connectivity index (χ0) is 14.4. The lowest BCUT2D eigenvalue weighted by molar-refractivity contribution is 0.101. The molecule has 2 nitrogen and oxygen atoms in total. The molecule has 2 aromatic rings. The Hall–Kier alpha value is -2.35. The lowest BCUT2D eigenvalue weighted by Crippen LogP contribution is -2.00. The van der Waals surface area contributed by atoms with Crippen molar-refractivity contribution in [1.82, 2.24) is 0 Å².